The van der Waals surface area contributed by atoms with E-state index in [1.165, 1.54) is 13.8 Å². The fourth-order valence-corrected chi connectivity index (χ4v) is 2.32. The third-order valence-corrected chi connectivity index (χ3v) is 3.78. The molecular formula is C22H22O6. The molecular weight excluding hydrogens is 360 g/mol. The van der Waals surface area contributed by atoms with Gasteiger partial charge in [0.15, 0.2) is 6.10 Å². The zero-order valence-corrected chi connectivity index (χ0v) is 15.9. The predicted octanol–water partition coefficient (Wildman–Crippen LogP) is 3.60. The van der Waals surface area contributed by atoms with Crippen molar-refractivity contribution in [2.75, 3.05) is 13.2 Å². The molecule has 0 saturated carbocycles. The van der Waals surface area contributed by atoms with Crippen LogP contribution < -0.4 is 0 Å². The molecule has 0 N–H and O–H groups in total. The van der Waals surface area contributed by atoms with Crippen LogP contribution in [0.25, 0.3) is 10.8 Å². The maximum atomic E-state index is 12.7. The summed E-state index contributed by atoms with van der Waals surface area (Å²) in [6.45, 7) is 9.44. The van der Waals surface area contributed by atoms with Crippen molar-refractivity contribution in [2.24, 2.45) is 0 Å². The molecule has 0 bridgehead atoms. The van der Waals surface area contributed by atoms with Gasteiger partial charge in [0.25, 0.3) is 0 Å². The van der Waals surface area contributed by atoms with E-state index in [-0.39, 0.29) is 24.4 Å². The van der Waals surface area contributed by atoms with Gasteiger partial charge in [-0.1, -0.05) is 49.6 Å². The van der Waals surface area contributed by atoms with Gasteiger partial charge in [-0.3, -0.25) is 0 Å². The first kappa shape index (κ1) is 20.9. The maximum Gasteiger partial charge on any atom is 0.339 e. The molecule has 0 radical (unpaired) electrons. The van der Waals surface area contributed by atoms with E-state index in [1.807, 2.05) is 30.3 Å². The molecule has 0 aromatic heterocycles. The highest BCUT2D eigenvalue weighted by Gasteiger charge is 2.22. The lowest BCUT2D eigenvalue weighted by Crippen LogP contribution is -2.31. The van der Waals surface area contributed by atoms with Crippen LogP contribution in [0.4, 0.5) is 0 Å². The first-order valence-electron chi connectivity index (χ1n) is 8.63. The van der Waals surface area contributed by atoms with E-state index in [0.29, 0.717) is 5.56 Å². The van der Waals surface area contributed by atoms with Crippen LogP contribution in [-0.4, -0.2) is 37.2 Å². The molecule has 0 aliphatic rings. The van der Waals surface area contributed by atoms with E-state index in [0.717, 1.165) is 10.8 Å². The Bertz CT molecular complexity index is 892. The molecule has 6 heteroatoms. The third-order valence-electron chi connectivity index (χ3n) is 3.78. The first-order valence-corrected chi connectivity index (χ1v) is 8.63. The highest BCUT2D eigenvalue weighted by atomic mass is 16.6. The summed E-state index contributed by atoms with van der Waals surface area (Å²) in [5.41, 5.74) is 0.775. The van der Waals surface area contributed by atoms with Crippen LogP contribution in [0.5, 0.6) is 0 Å². The molecule has 0 unspecified atom stereocenters. The fraction of sp³-hybridized carbons (Fsp3) is 0.227. The van der Waals surface area contributed by atoms with E-state index in [9.17, 15) is 14.4 Å². The van der Waals surface area contributed by atoms with Crippen LogP contribution in [0.1, 0.15) is 24.2 Å². The minimum atomic E-state index is -0.974. The fourth-order valence-electron chi connectivity index (χ4n) is 2.32. The molecule has 146 valence electrons. The quantitative estimate of drug-likeness (QED) is 0.394. The summed E-state index contributed by atoms with van der Waals surface area (Å²) in [7, 11) is 0. The Labute approximate surface area is 163 Å². The lowest BCUT2D eigenvalue weighted by atomic mass is 10.0. The molecule has 0 spiro atoms. The van der Waals surface area contributed by atoms with Gasteiger partial charge < -0.3 is 14.2 Å². The second-order valence-electron chi connectivity index (χ2n) is 6.31. The van der Waals surface area contributed by atoms with Crippen molar-refractivity contribution >= 4 is 28.7 Å². The summed E-state index contributed by atoms with van der Waals surface area (Å²) in [5.74, 6) is -1.87. The number of benzene rings is 2. The SMILES string of the molecule is C=C(C)C(=O)OCC(COC(=O)C(=C)C)OC(=O)c1cccc2ccccc12. The van der Waals surface area contributed by atoms with E-state index < -0.39 is 24.0 Å². The molecule has 0 heterocycles. The number of rotatable bonds is 8. The molecule has 6 nitrogen and oxygen atoms in total. The van der Waals surface area contributed by atoms with Crippen molar-refractivity contribution in [3.63, 3.8) is 0 Å². The molecule has 0 saturated heterocycles. The molecule has 0 amide bonds. The summed E-state index contributed by atoms with van der Waals surface area (Å²) in [4.78, 5) is 36.0. The Balaban J connectivity index is 2.15. The molecule has 0 atom stereocenters. The van der Waals surface area contributed by atoms with E-state index in [4.69, 9.17) is 14.2 Å². The highest BCUT2D eigenvalue weighted by molar-refractivity contribution is 6.04. The summed E-state index contributed by atoms with van der Waals surface area (Å²) >= 11 is 0. The number of ether oxygens (including phenoxy) is 3. The van der Waals surface area contributed by atoms with Crippen LogP contribution in [0.2, 0.25) is 0 Å². The number of carbonyl (C=O) groups is 3. The smallest absolute Gasteiger partial charge is 0.339 e. The average molecular weight is 382 g/mol. The third kappa shape index (κ3) is 5.54. The lowest BCUT2D eigenvalue weighted by molar-refractivity contribution is -0.147. The number of esters is 3. The second kappa shape index (κ2) is 9.50. The number of carbonyl (C=O) groups excluding carboxylic acids is 3. The van der Waals surface area contributed by atoms with Gasteiger partial charge in [0.05, 0.1) is 5.56 Å². The average Bonchev–Trinajstić information content (AvgIpc) is 2.68. The largest absolute Gasteiger partial charge is 0.458 e. The summed E-state index contributed by atoms with van der Waals surface area (Å²) in [6.07, 6.45) is -0.974. The van der Waals surface area contributed by atoms with Crippen molar-refractivity contribution in [2.45, 2.75) is 20.0 Å². The maximum absolute atomic E-state index is 12.7. The van der Waals surface area contributed by atoms with E-state index in [1.54, 1.807) is 12.1 Å². The zero-order chi connectivity index (χ0) is 20.7. The molecule has 2 aromatic carbocycles. The number of fused-ring (bicyclic) bond motifs is 1. The molecule has 2 aromatic rings. The van der Waals surface area contributed by atoms with Crippen molar-refractivity contribution in [1.82, 2.24) is 0 Å². The Morgan fingerprint density at radius 1 is 0.857 bits per heavy atom. The summed E-state index contributed by atoms with van der Waals surface area (Å²) in [5, 5.41) is 1.61. The van der Waals surface area contributed by atoms with Gasteiger partial charge in [-0.05, 0) is 30.7 Å². The van der Waals surface area contributed by atoms with Crippen molar-refractivity contribution in [3.8, 4) is 0 Å². The molecule has 2 rings (SSSR count). The monoisotopic (exact) mass is 382 g/mol. The predicted molar refractivity (Wildman–Crippen MR) is 105 cm³/mol. The topological polar surface area (TPSA) is 78.9 Å². The van der Waals surface area contributed by atoms with Crippen LogP contribution >= 0.6 is 0 Å². The van der Waals surface area contributed by atoms with Gasteiger partial charge in [-0.15, -0.1) is 0 Å². The lowest BCUT2D eigenvalue weighted by Gasteiger charge is -2.18. The Kier molecular flexibility index (Phi) is 7.09. The normalized spacial score (nSPS) is 10.4. The van der Waals surface area contributed by atoms with E-state index in [2.05, 4.69) is 13.2 Å². The van der Waals surface area contributed by atoms with Gasteiger partial charge in [0.1, 0.15) is 13.2 Å². The highest BCUT2D eigenvalue weighted by Crippen LogP contribution is 2.20. The number of hydrogen-bond acceptors (Lipinski definition) is 6. The zero-order valence-electron chi connectivity index (χ0n) is 15.9. The van der Waals surface area contributed by atoms with Crippen LogP contribution in [-0.2, 0) is 23.8 Å². The Hall–Kier alpha value is -3.41. The molecule has 28 heavy (non-hydrogen) atoms. The Morgan fingerprint density at radius 3 is 1.96 bits per heavy atom. The van der Waals surface area contributed by atoms with Gasteiger partial charge >= 0.3 is 17.9 Å². The van der Waals surface area contributed by atoms with Crippen molar-refractivity contribution in [3.05, 3.63) is 72.3 Å². The van der Waals surface area contributed by atoms with Crippen LogP contribution in [0.15, 0.2) is 66.8 Å². The Morgan fingerprint density at radius 2 is 1.39 bits per heavy atom. The summed E-state index contributed by atoms with van der Waals surface area (Å²) in [6, 6.07) is 12.6. The van der Waals surface area contributed by atoms with Crippen molar-refractivity contribution in [1.29, 1.82) is 0 Å². The van der Waals surface area contributed by atoms with Gasteiger partial charge in [0.2, 0.25) is 0 Å². The first-order chi connectivity index (χ1) is 13.3. The number of hydrogen-bond donors (Lipinski definition) is 0. The standard InChI is InChI=1S/C22H22O6/c1-14(2)20(23)26-12-17(13-27-21(24)15(3)4)28-22(25)19-11-7-9-16-8-5-6-10-18(16)19/h5-11,17H,1,3,12-13H2,2,4H3. The van der Waals surface area contributed by atoms with Gasteiger partial charge in [0, 0.05) is 11.1 Å². The van der Waals surface area contributed by atoms with Crippen LogP contribution in [0, 0.1) is 0 Å². The second-order valence-corrected chi connectivity index (χ2v) is 6.31. The minimum absolute atomic E-state index is 0.207. The van der Waals surface area contributed by atoms with Crippen LogP contribution in [0.3, 0.4) is 0 Å². The molecule has 0 fully saturated rings. The van der Waals surface area contributed by atoms with E-state index >= 15 is 0 Å². The molecule has 0 aliphatic carbocycles. The van der Waals surface area contributed by atoms with Gasteiger partial charge in [-0.25, -0.2) is 14.4 Å². The summed E-state index contributed by atoms with van der Waals surface area (Å²) < 4.78 is 15.6. The van der Waals surface area contributed by atoms with Crippen molar-refractivity contribution < 1.29 is 28.6 Å². The molecule has 0 aliphatic heterocycles. The minimum Gasteiger partial charge on any atom is -0.458 e. The van der Waals surface area contributed by atoms with Gasteiger partial charge in [-0.2, -0.15) is 0 Å².